The lowest BCUT2D eigenvalue weighted by atomic mass is 9.86. The van der Waals surface area contributed by atoms with E-state index >= 15 is 0 Å². The van der Waals surface area contributed by atoms with E-state index in [1.807, 2.05) is 30.4 Å². The van der Waals surface area contributed by atoms with Crippen molar-refractivity contribution in [2.45, 2.75) is 19.4 Å². The number of carbonyl (C=O) groups excluding carboxylic acids is 1. The molecule has 2 aliphatic heterocycles. The number of hydrogen-bond acceptors (Lipinski definition) is 4. The Morgan fingerprint density at radius 1 is 1.30 bits per heavy atom. The predicted molar refractivity (Wildman–Crippen MR) is 86.7 cm³/mol. The van der Waals surface area contributed by atoms with Crippen LogP contribution in [-0.4, -0.2) is 45.2 Å². The van der Waals surface area contributed by atoms with Gasteiger partial charge in [0, 0.05) is 57.1 Å². The fourth-order valence-electron chi connectivity index (χ4n) is 3.86. The minimum absolute atomic E-state index is 0.0924. The first-order valence-electron chi connectivity index (χ1n) is 8.04. The number of carbonyl (C=O) groups is 1. The van der Waals surface area contributed by atoms with Crippen LogP contribution in [0.15, 0.2) is 36.9 Å². The molecule has 0 aliphatic carbocycles. The summed E-state index contributed by atoms with van der Waals surface area (Å²) in [4.78, 5) is 21.0. The Hall–Kier alpha value is -2.21. The molecule has 4 rings (SSSR count). The largest absolute Gasteiger partial charge is 0.309 e. The van der Waals surface area contributed by atoms with Crippen molar-refractivity contribution in [2.75, 3.05) is 24.5 Å². The lowest BCUT2D eigenvalue weighted by Crippen LogP contribution is -2.31. The van der Waals surface area contributed by atoms with Gasteiger partial charge >= 0.3 is 0 Å². The van der Waals surface area contributed by atoms with E-state index in [4.69, 9.17) is 0 Å². The molecule has 120 valence electrons. The van der Waals surface area contributed by atoms with E-state index in [9.17, 15) is 4.79 Å². The summed E-state index contributed by atoms with van der Waals surface area (Å²) in [6.07, 6.45) is 9.14. The normalized spacial score (nSPS) is 24.9. The van der Waals surface area contributed by atoms with E-state index in [0.717, 1.165) is 38.3 Å². The molecule has 23 heavy (non-hydrogen) atoms. The van der Waals surface area contributed by atoms with Crippen LogP contribution in [0.1, 0.15) is 18.4 Å². The summed E-state index contributed by atoms with van der Waals surface area (Å²) in [6.45, 7) is 3.74. The fourth-order valence-corrected chi connectivity index (χ4v) is 3.86. The third-order valence-corrected chi connectivity index (χ3v) is 4.97. The van der Waals surface area contributed by atoms with Crippen molar-refractivity contribution in [3.05, 3.63) is 42.5 Å². The summed E-state index contributed by atoms with van der Waals surface area (Å²) >= 11 is 0. The number of likely N-dealkylation sites (tertiary alicyclic amines) is 1. The third-order valence-electron chi connectivity index (χ3n) is 4.97. The highest BCUT2D eigenvalue weighted by molar-refractivity contribution is 5.96. The second-order valence-electron chi connectivity index (χ2n) is 6.85. The lowest BCUT2D eigenvalue weighted by Gasteiger charge is -2.23. The van der Waals surface area contributed by atoms with Crippen LogP contribution in [0, 0.1) is 5.41 Å². The highest BCUT2D eigenvalue weighted by Gasteiger charge is 2.47. The average Bonchev–Trinajstić information content (AvgIpc) is 3.21. The number of pyridine rings is 1. The smallest absolute Gasteiger partial charge is 0.227 e. The van der Waals surface area contributed by atoms with Crippen molar-refractivity contribution in [3.63, 3.8) is 0 Å². The van der Waals surface area contributed by atoms with E-state index in [2.05, 4.69) is 21.0 Å². The van der Waals surface area contributed by atoms with Crippen LogP contribution < -0.4 is 4.90 Å². The average molecular weight is 311 g/mol. The van der Waals surface area contributed by atoms with Crippen molar-refractivity contribution in [1.82, 2.24) is 19.7 Å². The lowest BCUT2D eigenvalue weighted by molar-refractivity contribution is -0.117. The summed E-state index contributed by atoms with van der Waals surface area (Å²) in [6, 6.07) is 4.09. The van der Waals surface area contributed by atoms with Crippen molar-refractivity contribution in [2.24, 2.45) is 12.5 Å². The van der Waals surface area contributed by atoms with Gasteiger partial charge in [0.25, 0.3) is 0 Å². The first-order chi connectivity index (χ1) is 11.1. The quantitative estimate of drug-likeness (QED) is 0.861. The Bertz CT molecular complexity index is 713. The fraction of sp³-hybridized carbons (Fsp3) is 0.471. The molecule has 0 radical (unpaired) electrons. The Kier molecular flexibility index (Phi) is 3.41. The van der Waals surface area contributed by atoms with E-state index in [-0.39, 0.29) is 11.3 Å². The van der Waals surface area contributed by atoms with Crippen molar-refractivity contribution < 1.29 is 4.79 Å². The molecule has 2 aliphatic rings. The van der Waals surface area contributed by atoms with Gasteiger partial charge in [-0.1, -0.05) is 6.07 Å². The maximum Gasteiger partial charge on any atom is 0.227 e. The topological polar surface area (TPSA) is 54.3 Å². The van der Waals surface area contributed by atoms with Gasteiger partial charge in [-0.15, -0.1) is 0 Å². The molecule has 2 saturated heterocycles. The summed E-state index contributed by atoms with van der Waals surface area (Å²) in [5.74, 6) is 0.223. The highest BCUT2D eigenvalue weighted by atomic mass is 16.2. The maximum atomic E-state index is 12.5. The highest BCUT2D eigenvalue weighted by Crippen LogP contribution is 2.42. The van der Waals surface area contributed by atoms with Crippen molar-refractivity contribution in [3.8, 4) is 0 Å². The summed E-state index contributed by atoms with van der Waals surface area (Å²) in [5, 5.41) is 4.19. The Morgan fingerprint density at radius 3 is 2.96 bits per heavy atom. The molecular weight excluding hydrogens is 290 g/mol. The standard InChI is InChI=1S/C17H21N5O/c1-20-11-15(9-19-20)22-13-17(7-16(22)23)4-6-21(12-17)10-14-3-2-5-18-8-14/h2-3,5,8-9,11H,4,6-7,10,12-13H2,1H3/t17-/m0/s1. The molecule has 6 nitrogen and oxygen atoms in total. The predicted octanol–water partition coefficient (Wildman–Crippen LogP) is 1.44. The number of aromatic nitrogens is 3. The van der Waals surface area contributed by atoms with Gasteiger partial charge in [0.2, 0.25) is 5.91 Å². The summed E-state index contributed by atoms with van der Waals surface area (Å²) in [7, 11) is 1.88. The molecular formula is C17H21N5O. The number of hydrogen-bond donors (Lipinski definition) is 0. The molecule has 1 atom stereocenters. The second-order valence-corrected chi connectivity index (χ2v) is 6.85. The monoisotopic (exact) mass is 311 g/mol. The Balaban J connectivity index is 1.45. The molecule has 1 spiro atoms. The molecule has 1 amide bonds. The van der Waals surface area contributed by atoms with Gasteiger partial charge in [0.1, 0.15) is 0 Å². The van der Waals surface area contributed by atoms with Crippen LogP contribution >= 0.6 is 0 Å². The number of anilines is 1. The molecule has 0 aromatic carbocycles. The molecule has 0 saturated carbocycles. The minimum Gasteiger partial charge on any atom is -0.309 e. The molecule has 6 heteroatoms. The summed E-state index contributed by atoms with van der Waals surface area (Å²) < 4.78 is 1.75. The molecule has 0 bridgehead atoms. The zero-order valence-corrected chi connectivity index (χ0v) is 13.4. The van der Waals surface area contributed by atoms with Crippen molar-refractivity contribution >= 4 is 11.6 Å². The first kappa shape index (κ1) is 14.4. The van der Waals surface area contributed by atoms with Crippen LogP contribution in [0.2, 0.25) is 0 Å². The van der Waals surface area contributed by atoms with Gasteiger partial charge in [-0.05, 0) is 24.6 Å². The van der Waals surface area contributed by atoms with Gasteiger partial charge in [-0.25, -0.2) is 0 Å². The van der Waals surface area contributed by atoms with Crippen LogP contribution in [0.3, 0.4) is 0 Å². The first-order valence-corrected chi connectivity index (χ1v) is 8.04. The molecule has 2 aromatic heterocycles. The molecule has 4 heterocycles. The third kappa shape index (κ3) is 2.74. The van der Waals surface area contributed by atoms with E-state index in [1.165, 1.54) is 5.56 Å². The summed E-state index contributed by atoms with van der Waals surface area (Å²) in [5.41, 5.74) is 2.24. The Labute approximate surface area is 135 Å². The van der Waals surface area contributed by atoms with Crippen LogP contribution in [-0.2, 0) is 18.4 Å². The Morgan fingerprint density at radius 2 is 2.22 bits per heavy atom. The zero-order chi connectivity index (χ0) is 15.9. The molecule has 0 unspecified atom stereocenters. The molecule has 0 N–H and O–H groups in total. The van der Waals surface area contributed by atoms with Crippen molar-refractivity contribution in [1.29, 1.82) is 0 Å². The SMILES string of the molecule is Cn1cc(N2C[C@@]3(CCN(Cc4cccnc4)C3)CC2=O)cn1. The van der Waals surface area contributed by atoms with Crippen LogP contribution in [0.4, 0.5) is 5.69 Å². The van der Waals surface area contributed by atoms with E-state index < -0.39 is 0 Å². The van der Waals surface area contributed by atoms with Gasteiger partial charge in [0.15, 0.2) is 0 Å². The van der Waals surface area contributed by atoms with E-state index in [1.54, 1.807) is 17.1 Å². The molecule has 2 fully saturated rings. The maximum absolute atomic E-state index is 12.5. The zero-order valence-electron chi connectivity index (χ0n) is 13.4. The van der Waals surface area contributed by atoms with Crippen LogP contribution in [0.5, 0.6) is 0 Å². The van der Waals surface area contributed by atoms with Gasteiger partial charge < -0.3 is 4.90 Å². The number of nitrogens with zero attached hydrogens (tertiary/aromatic N) is 5. The second kappa shape index (κ2) is 5.45. The molecule has 2 aromatic rings. The number of amides is 1. The van der Waals surface area contributed by atoms with Gasteiger partial charge in [0.05, 0.1) is 11.9 Å². The van der Waals surface area contributed by atoms with E-state index in [0.29, 0.717) is 6.42 Å². The van der Waals surface area contributed by atoms with Gasteiger partial charge in [-0.3, -0.25) is 19.4 Å². The van der Waals surface area contributed by atoms with Crippen LogP contribution in [0.25, 0.3) is 0 Å². The number of rotatable bonds is 3. The van der Waals surface area contributed by atoms with Gasteiger partial charge in [-0.2, -0.15) is 5.10 Å². The number of aryl methyl sites for hydroxylation is 1. The minimum atomic E-state index is 0.0924.